The van der Waals surface area contributed by atoms with Gasteiger partial charge in [0.25, 0.3) is 0 Å². The second-order valence-corrected chi connectivity index (χ2v) is 2.32. The van der Waals surface area contributed by atoms with E-state index in [1.54, 1.807) is 6.08 Å². The molecule has 0 saturated heterocycles. The van der Waals surface area contributed by atoms with Crippen molar-refractivity contribution < 1.29 is 4.79 Å². The number of ketones is 1. The van der Waals surface area contributed by atoms with Gasteiger partial charge in [0, 0.05) is 6.42 Å². The van der Waals surface area contributed by atoms with Crippen molar-refractivity contribution in [3.63, 3.8) is 0 Å². The molecule has 0 fully saturated rings. The monoisotopic (exact) mass is 139 g/mol. The molecule has 1 rings (SSSR count). The maximum absolute atomic E-state index is 10.7. The van der Waals surface area contributed by atoms with Crippen molar-refractivity contribution in [2.75, 3.05) is 0 Å². The zero-order chi connectivity index (χ0) is 6.69. The normalized spacial score (nSPS) is 18.0. The van der Waals surface area contributed by atoms with E-state index in [1.807, 2.05) is 6.08 Å². The molecule has 0 bridgehead atoms. The van der Waals surface area contributed by atoms with Gasteiger partial charge in [-0.15, -0.1) is 0 Å². The topological polar surface area (TPSA) is 52.1 Å². The molecule has 0 amide bonds. The Bertz CT molecular complexity index is 170. The lowest BCUT2D eigenvalue weighted by Crippen LogP contribution is -1.88. The molecular weight excluding hydrogens is 126 g/mol. The predicted octanol–water partition coefficient (Wildman–Crippen LogP) is 2.01. The van der Waals surface area contributed by atoms with Crippen LogP contribution in [0.4, 0.5) is 0 Å². The Kier molecular flexibility index (Phi) is 3.65. The number of allylic oxidation sites excluding steroid dienone is 3. The molecule has 0 aliphatic heterocycles. The van der Waals surface area contributed by atoms with E-state index in [0.717, 1.165) is 18.4 Å². The van der Waals surface area contributed by atoms with Crippen molar-refractivity contribution in [3.05, 3.63) is 24.3 Å². The molecule has 56 valence electrons. The Morgan fingerprint density at radius 1 is 1.40 bits per heavy atom. The number of carbonyl (C=O) groups is 1. The largest absolute Gasteiger partial charge is 0.344 e. The van der Waals surface area contributed by atoms with Crippen molar-refractivity contribution >= 4 is 5.78 Å². The van der Waals surface area contributed by atoms with E-state index < -0.39 is 0 Å². The third-order valence-electron chi connectivity index (χ3n) is 1.44. The minimum absolute atomic E-state index is 0. The fraction of sp³-hybridized carbons (Fsp3) is 0.375. The zero-order valence-electron chi connectivity index (χ0n) is 6.10. The first-order valence-corrected chi connectivity index (χ1v) is 3.15. The fourth-order valence-corrected chi connectivity index (χ4v) is 0.842. The Morgan fingerprint density at radius 2 is 2.10 bits per heavy atom. The summed E-state index contributed by atoms with van der Waals surface area (Å²) in [5, 5.41) is 0. The third kappa shape index (κ3) is 2.60. The molecule has 0 unspecified atom stereocenters. The Hall–Kier alpha value is -0.890. The summed E-state index contributed by atoms with van der Waals surface area (Å²) in [6, 6.07) is 0. The first kappa shape index (κ1) is 9.11. The van der Waals surface area contributed by atoms with Gasteiger partial charge in [0.2, 0.25) is 0 Å². The van der Waals surface area contributed by atoms with Crippen molar-refractivity contribution in [1.29, 1.82) is 0 Å². The molecule has 0 spiro atoms. The molecule has 1 aliphatic rings. The second kappa shape index (κ2) is 4.01. The Balaban J connectivity index is 0.000000810. The number of hydrogen-bond donors (Lipinski definition) is 1. The Labute approximate surface area is 61.2 Å². The maximum Gasteiger partial charge on any atom is 0.155 e. The van der Waals surface area contributed by atoms with Crippen LogP contribution in [0, 0.1) is 0 Å². The average molecular weight is 139 g/mol. The molecule has 3 N–H and O–H groups in total. The Morgan fingerprint density at radius 3 is 2.80 bits per heavy atom. The number of hydrogen-bond acceptors (Lipinski definition) is 2. The van der Waals surface area contributed by atoms with Gasteiger partial charge in [0.1, 0.15) is 0 Å². The van der Waals surface area contributed by atoms with Crippen LogP contribution in [0.5, 0.6) is 0 Å². The summed E-state index contributed by atoms with van der Waals surface area (Å²) in [5.41, 5.74) is 1.16. The van der Waals surface area contributed by atoms with Crippen molar-refractivity contribution in [1.82, 2.24) is 6.15 Å². The highest BCUT2D eigenvalue weighted by molar-refractivity contribution is 5.90. The minimum atomic E-state index is 0. The minimum Gasteiger partial charge on any atom is -0.344 e. The molecule has 0 aromatic carbocycles. The molecule has 0 atom stereocenters. The summed E-state index contributed by atoms with van der Waals surface area (Å²) in [6.45, 7) is 3.81. The third-order valence-corrected chi connectivity index (χ3v) is 1.44. The van der Waals surface area contributed by atoms with Gasteiger partial charge < -0.3 is 6.15 Å². The van der Waals surface area contributed by atoms with Crippen molar-refractivity contribution in [2.24, 2.45) is 0 Å². The van der Waals surface area contributed by atoms with E-state index in [9.17, 15) is 4.79 Å². The number of carbonyl (C=O) groups excluding carboxylic acids is 1. The van der Waals surface area contributed by atoms with E-state index in [1.165, 1.54) is 0 Å². The van der Waals surface area contributed by atoms with Crippen LogP contribution in [-0.4, -0.2) is 5.78 Å². The first-order valence-electron chi connectivity index (χ1n) is 3.15. The van der Waals surface area contributed by atoms with Crippen LogP contribution in [0.1, 0.15) is 19.3 Å². The molecule has 2 nitrogen and oxygen atoms in total. The van der Waals surface area contributed by atoms with E-state index in [2.05, 4.69) is 6.58 Å². The van der Waals surface area contributed by atoms with E-state index in [0.29, 0.717) is 6.42 Å². The van der Waals surface area contributed by atoms with Gasteiger partial charge in [-0.3, -0.25) is 4.79 Å². The summed E-state index contributed by atoms with van der Waals surface area (Å²) in [4.78, 5) is 10.7. The van der Waals surface area contributed by atoms with Gasteiger partial charge in [0.15, 0.2) is 5.78 Å². The zero-order valence-corrected chi connectivity index (χ0v) is 6.10. The molecule has 0 heterocycles. The van der Waals surface area contributed by atoms with Gasteiger partial charge in [-0.25, -0.2) is 0 Å². The lowest BCUT2D eigenvalue weighted by molar-refractivity contribution is -0.114. The van der Waals surface area contributed by atoms with E-state index >= 15 is 0 Å². The molecule has 0 saturated carbocycles. The summed E-state index contributed by atoms with van der Waals surface area (Å²) < 4.78 is 0. The van der Waals surface area contributed by atoms with Crippen LogP contribution in [0.25, 0.3) is 0 Å². The van der Waals surface area contributed by atoms with Crippen LogP contribution in [0.2, 0.25) is 0 Å². The quantitative estimate of drug-likeness (QED) is 0.522. The highest BCUT2D eigenvalue weighted by atomic mass is 16.1. The lowest BCUT2D eigenvalue weighted by atomic mass is 10.1. The van der Waals surface area contributed by atoms with Gasteiger partial charge in [-0.1, -0.05) is 18.2 Å². The maximum atomic E-state index is 10.7. The van der Waals surface area contributed by atoms with Crippen LogP contribution in [0.15, 0.2) is 24.3 Å². The van der Waals surface area contributed by atoms with E-state index in [-0.39, 0.29) is 11.9 Å². The van der Waals surface area contributed by atoms with Crippen LogP contribution < -0.4 is 6.15 Å². The summed E-state index contributed by atoms with van der Waals surface area (Å²) >= 11 is 0. The van der Waals surface area contributed by atoms with Crippen LogP contribution in [-0.2, 0) is 4.79 Å². The molecule has 1 aliphatic carbocycles. The molecule has 0 aromatic rings. The lowest BCUT2D eigenvalue weighted by Gasteiger charge is -1.93. The SMILES string of the molecule is C=C1CC=CC(=O)CC1.N. The molecular formula is C8H13NO. The summed E-state index contributed by atoms with van der Waals surface area (Å²) in [5.74, 6) is 0.230. The van der Waals surface area contributed by atoms with Gasteiger partial charge >= 0.3 is 0 Å². The molecule has 0 aromatic heterocycles. The van der Waals surface area contributed by atoms with Crippen LogP contribution in [0.3, 0.4) is 0 Å². The fourth-order valence-electron chi connectivity index (χ4n) is 0.842. The average Bonchev–Trinajstić information content (AvgIpc) is 1.97. The highest BCUT2D eigenvalue weighted by Crippen LogP contribution is 2.12. The standard InChI is InChI=1S/C8H10O.H3N/c1-7-3-2-4-8(9)6-5-7;/h2,4H,1,3,5-6H2;1H3. The summed E-state index contributed by atoms with van der Waals surface area (Å²) in [7, 11) is 0. The second-order valence-electron chi connectivity index (χ2n) is 2.32. The van der Waals surface area contributed by atoms with Crippen molar-refractivity contribution in [3.8, 4) is 0 Å². The van der Waals surface area contributed by atoms with Gasteiger partial charge in [-0.2, -0.15) is 0 Å². The van der Waals surface area contributed by atoms with Gasteiger partial charge in [0.05, 0.1) is 0 Å². The molecule has 10 heavy (non-hydrogen) atoms. The first-order chi connectivity index (χ1) is 4.29. The van der Waals surface area contributed by atoms with E-state index in [4.69, 9.17) is 0 Å². The van der Waals surface area contributed by atoms with Crippen molar-refractivity contribution in [2.45, 2.75) is 19.3 Å². The molecule has 0 radical (unpaired) electrons. The number of rotatable bonds is 0. The highest BCUT2D eigenvalue weighted by Gasteiger charge is 2.02. The van der Waals surface area contributed by atoms with Gasteiger partial charge in [-0.05, 0) is 18.9 Å². The predicted molar refractivity (Wildman–Crippen MR) is 42.2 cm³/mol. The van der Waals surface area contributed by atoms with Crippen LogP contribution >= 0.6 is 0 Å². The summed E-state index contributed by atoms with van der Waals surface area (Å²) in [6.07, 6.45) is 5.93. The molecule has 2 heteroatoms. The smallest absolute Gasteiger partial charge is 0.155 e.